The van der Waals surface area contributed by atoms with Crippen molar-refractivity contribution in [2.45, 2.75) is 72.5 Å². The maximum Gasteiger partial charge on any atom is 0.244 e. The second kappa shape index (κ2) is 12.7. The molecule has 0 heterocycles. The highest BCUT2D eigenvalue weighted by atomic mass is 32.2. The van der Waals surface area contributed by atoms with Crippen LogP contribution in [0.15, 0.2) is 48.5 Å². The molecule has 0 aliphatic heterocycles. The highest BCUT2D eigenvalue weighted by Crippen LogP contribution is 2.21. The Hall–Kier alpha value is -2.87. The van der Waals surface area contributed by atoms with Crippen LogP contribution in [-0.2, 0) is 32.6 Å². The van der Waals surface area contributed by atoms with Gasteiger partial charge in [0.15, 0.2) is 0 Å². The zero-order valence-electron chi connectivity index (χ0n) is 21.7. The molecule has 192 valence electrons. The monoisotopic (exact) mass is 501 g/mol. The minimum Gasteiger partial charge on any atom is -0.352 e. The lowest BCUT2D eigenvalue weighted by Gasteiger charge is -2.33. The van der Waals surface area contributed by atoms with Crippen LogP contribution >= 0.6 is 0 Å². The minimum atomic E-state index is -3.74. The molecule has 2 aromatic rings. The fourth-order valence-electron chi connectivity index (χ4n) is 3.88. The van der Waals surface area contributed by atoms with Gasteiger partial charge in [-0.1, -0.05) is 62.7 Å². The van der Waals surface area contributed by atoms with E-state index < -0.39 is 22.0 Å². The maximum absolute atomic E-state index is 13.7. The molecule has 0 saturated carbocycles. The summed E-state index contributed by atoms with van der Waals surface area (Å²) >= 11 is 0. The molecule has 0 aliphatic carbocycles. The summed E-state index contributed by atoms with van der Waals surface area (Å²) in [6.45, 7) is 9.56. The molecule has 0 radical (unpaired) electrons. The fourth-order valence-corrected chi connectivity index (χ4v) is 4.73. The van der Waals surface area contributed by atoms with Crippen LogP contribution in [0.1, 0.15) is 57.2 Å². The van der Waals surface area contributed by atoms with Gasteiger partial charge in [0.05, 0.1) is 11.9 Å². The molecule has 35 heavy (non-hydrogen) atoms. The van der Waals surface area contributed by atoms with Crippen LogP contribution in [0, 0.1) is 6.92 Å². The number of aryl methyl sites for hydroxylation is 2. The third-order valence-electron chi connectivity index (χ3n) is 6.13. The van der Waals surface area contributed by atoms with Crippen molar-refractivity contribution in [2.75, 3.05) is 17.1 Å². The van der Waals surface area contributed by atoms with E-state index in [9.17, 15) is 18.0 Å². The van der Waals surface area contributed by atoms with Gasteiger partial charge in [0.25, 0.3) is 0 Å². The standard InChI is InChI=1S/C27H39N3O4S/c1-7-21(5)28-27(32)25(9-3)29(18-23-12-10-11-20(4)17-23)26(31)19-30(35(6,33)34)24-15-13-22(8-2)14-16-24/h10-17,21,25H,7-9,18-19H2,1-6H3,(H,28,32)/t21-,25+/m1/s1. The summed E-state index contributed by atoms with van der Waals surface area (Å²) in [5, 5.41) is 2.98. The molecule has 0 bridgehead atoms. The quantitative estimate of drug-likeness (QED) is 0.475. The zero-order chi connectivity index (χ0) is 26.2. The van der Waals surface area contributed by atoms with E-state index in [1.807, 2.05) is 71.0 Å². The molecule has 2 amide bonds. The van der Waals surface area contributed by atoms with Gasteiger partial charge >= 0.3 is 0 Å². The van der Waals surface area contributed by atoms with E-state index in [2.05, 4.69) is 5.32 Å². The number of benzene rings is 2. The predicted octanol–water partition coefficient (Wildman–Crippen LogP) is 4.05. The maximum atomic E-state index is 13.7. The van der Waals surface area contributed by atoms with E-state index >= 15 is 0 Å². The Kier molecular flexibility index (Phi) is 10.3. The molecule has 0 unspecified atom stereocenters. The molecule has 0 aromatic heterocycles. The van der Waals surface area contributed by atoms with E-state index in [1.54, 1.807) is 12.1 Å². The normalized spacial score (nSPS) is 13.1. The van der Waals surface area contributed by atoms with Gasteiger partial charge in [0, 0.05) is 12.6 Å². The highest BCUT2D eigenvalue weighted by molar-refractivity contribution is 7.92. The van der Waals surface area contributed by atoms with Gasteiger partial charge < -0.3 is 10.2 Å². The molecular formula is C27H39N3O4S. The van der Waals surface area contributed by atoms with Gasteiger partial charge in [0.2, 0.25) is 21.8 Å². The minimum absolute atomic E-state index is 0.0305. The third kappa shape index (κ3) is 8.09. The van der Waals surface area contributed by atoms with Crippen molar-refractivity contribution in [1.82, 2.24) is 10.2 Å². The molecular weight excluding hydrogens is 462 g/mol. The topological polar surface area (TPSA) is 86.8 Å². The summed E-state index contributed by atoms with van der Waals surface area (Å²) in [5.41, 5.74) is 3.42. The van der Waals surface area contributed by atoms with Crippen LogP contribution in [0.2, 0.25) is 0 Å². The summed E-state index contributed by atoms with van der Waals surface area (Å²) in [7, 11) is -3.74. The number of anilines is 1. The van der Waals surface area contributed by atoms with E-state index in [0.29, 0.717) is 12.1 Å². The van der Waals surface area contributed by atoms with Gasteiger partial charge in [-0.3, -0.25) is 13.9 Å². The molecule has 8 heteroatoms. The summed E-state index contributed by atoms with van der Waals surface area (Å²) in [6.07, 6.45) is 3.09. The number of hydrogen-bond donors (Lipinski definition) is 1. The van der Waals surface area contributed by atoms with Crippen molar-refractivity contribution in [3.05, 3.63) is 65.2 Å². The van der Waals surface area contributed by atoms with E-state index in [0.717, 1.165) is 40.1 Å². The summed E-state index contributed by atoms with van der Waals surface area (Å²) in [4.78, 5) is 28.3. The van der Waals surface area contributed by atoms with Gasteiger partial charge in [-0.05, 0) is 56.4 Å². The van der Waals surface area contributed by atoms with Crippen LogP contribution in [-0.4, -0.2) is 50.0 Å². The van der Waals surface area contributed by atoms with Crippen molar-refractivity contribution in [1.29, 1.82) is 0 Å². The highest BCUT2D eigenvalue weighted by Gasteiger charge is 2.32. The zero-order valence-corrected chi connectivity index (χ0v) is 22.6. The second-order valence-corrected chi connectivity index (χ2v) is 10.9. The number of nitrogens with one attached hydrogen (secondary N) is 1. The van der Waals surface area contributed by atoms with Gasteiger partial charge in [0.1, 0.15) is 12.6 Å². The van der Waals surface area contributed by atoms with Crippen LogP contribution in [0.5, 0.6) is 0 Å². The first kappa shape index (κ1) is 28.4. The van der Waals surface area contributed by atoms with Gasteiger partial charge in [-0.15, -0.1) is 0 Å². The largest absolute Gasteiger partial charge is 0.352 e. The first-order chi connectivity index (χ1) is 16.5. The Morgan fingerprint density at radius 3 is 2.14 bits per heavy atom. The van der Waals surface area contributed by atoms with Crippen molar-refractivity contribution in [3.63, 3.8) is 0 Å². The van der Waals surface area contributed by atoms with Crippen molar-refractivity contribution in [3.8, 4) is 0 Å². The van der Waals surface area contributed by atoms with Gasteiger partial charge in [-0.25, -0.2) is 8.42 Å². The molecule has 7 nitrogen and oxygen atoms in total. The Balaban J connectivity index is 2.43. The molecule has 0 saturated heterocycles. The van der Waals surface area contributed by atoms with Crippen LogP contribution in [0.4, 0.5) is 5.69 Å². The number of carbonyl (C=O) groups is 2. The Labute approximate surface area is 210 Å². The lowest BCUT2D eigenvalue weighted by molar-refractivity contribution is -0.140. The number of hydrogen-bond acceptors (Lipinski definition) is 4. The van der Waals surface area contributed by atoms with Crippen molar-refractivity contribution >= 4 is 27.5 Å². The average molecular weight is 502 g/mol. The van der Waals surface area contributed by atoms with Crippen molar-refractivity contribution in [2.24, 2.45) is 0 Å². The molecule has 0 spiro atoms. The molecule has 2 rings (SSSR count). The average Bonchev–Trinajstić information content (AvgIpc) is 2.81. The van der Waals surface area contributed by atoms with Gasteiger partial charge in [-0.2, -0.15) is 0 Å². The van der Waals surface area contributed by atoms with Crippen LogP contribution < -0.4 is 9.62 Å². The first-order valence-electron chi connectivity index (χ1n) is 12.2. The van der Waals surface area contributed by atoms with Crippen molar-refractivity contribution < 1.29 is 18.0 Å². The third-order valence-corrected chi connectivity index (χ3v) is 7.27. The smallest absolute Gasteiger partial charge is 0.244 e. The molecule has 2 atom stereocenters. The Bertz CT molecular complexity index is 1100. The number of rotatable bonds is 12. The summed E-state index contributed by atoms with van der Waals surface area (Å²) < 4.78 is 26.5. The SMILES string of the molecule is CCc1ccc(N(CC(=O)N(Cc2cccc(C)c2)[C@@H](CC)C(=O)N[C@H](C)CC)S(C)(=O)=O)cc1. The van der Waals surface area contributed by atoms with E-state index in [-0.39, 0.29) is 25.0 Å². The lowest BCUT2D eigenvalue weighted by atomic mass is 10.1. The molecule has 0 fully saturated rings. The number of carbonyl (C=O) groups excluding carboxylic acids is 2. The lowest BCUT2D eigenvalue weighted by Crippen LogP contribution is -2.53. The molecule has 0 aliphatic rings. The summed E-state index contributed by atoms with van der Waals surface area (Å²) in [5.74, 6) is -0.663. The Morgan fingerprint density at radius 2 is 1.63 bits per heavy atom. The summed E-state index contributed by atoms with van der Waals surface area (Å²) in [6, 6.07) is 14.1. The first-order valence-corrected chi connectivity index (χ1v) is 14.1. The van der Waals surface area contributed by atoms with Crippen LogP contribution in [0.25, 0.3) is 0 Å². The second-order valence-electron chi connectivity index (χ2n) is 9.04. The van der Waals surface area contributed by atoms with Crippen LogP contribution in [0.3, 0.4) is 0 Å². The van der Waals surface area contributed by atoms with E-state index in [4.69, 9.17) is 0 Å². The number of sulfonamides is 1. The number of nitrogens with zero attached hydrogens (tertiary/aromatic N) is 2. The Morgan fingerprint density at radius 1 is 0.971 bits per heavy atom. The predicted molar refractivity (Wildman–Crippen MR) is 142 cm³/mol. The number of amides is 2. The molecule has 1 N–H and O–H groups in total. The fraction of sp³-hybridized carbons (Fsp3) is 0.481. The van der Waals surface area contributed by atoms with E-state index in [1.165, 1.54) is 4.90 Å². The molecule has 2 aromatic carbocycles.